The van der Waals surface area contributed by atoms with Crippen LogP contribution in [0.15, 0.2) is 0 Å². The van der Waals surface area contributed by atoms with Gasteiger partial charge in [0.1, 0.15) is 0 Å². The van der Waals surface area contributed by atoms with Crippen molar-refractivity contribution < 1.29 is 8.42 Å². The molecular formula is C15H33N3O2S. The van der Waals surface area contributed by atoms with E-state index >= 15 is 0 Å². The van der Waals surface area contributed by atoms with Crippen molar-refractivity contribution in [2.24, 2.45) is 5.92 Å². The van der Waals surface area contributed by atoms with Crippen LogP contribution in [0.4, 0.5) is 0 Å². The van der Waals surface area contributed by atoms with Crippen molar-refractivity contribution in [3.05, 3.63) is 0 Å². The van der Waals surface area contributed by atoms with E-state index in [4.69, 9.17) is 0 Å². The molecule has 21 heavy (non-hydrogen) atoms. The molecule has 0 aromatic rings. The van der Waals surface area contributed by atoms with Crippen LogP contribution in [0.5, 0.6) is 0 Å². The lowest BCUT2D eigenvalue weighted by Crippen LogP contribution is -2.50. The van der Waals surface area contributed by atoms with Crippen LogP contribution in [0.2, 0.25) is 0 Å². The molecule has 1 aliphatic heterocycles. The van der Waals surface area contributed by atoms with Gasteiger partial charge in [0.25, 0.3) is 10.2 Å². The SMILES string of the molecule is CCCNCC1CCN(S(=O)(=O)N(CC)C(C)CC)CC1. The molecule has 0 amide bonds. The fourth-order valence-electron chi connectivity index (χ4n) is 2.88. The fourth-order valence-corrected chi connectivity index (χ4v) is 4.78. The zero-order valence-electron chi connectivity index (χ0n) is 14.1. The van der Waals surface area contributed by atoms with E-state index in [-0.39, 0.29) is 6.04 Å². The molecule has 0 radical (unpaired) electrons. The molecule has 0 aromatic carbocycles. The summed E-state index contributed by atoms with van der Waals surface area (Å²) in [4.78, 5) is 0. The summed E-state index contributed by atoms with van der Waals surface area (Å²) in [6.45, 7) is 12.1. The van der Waals surface area contributed by atoms with Gasteiger partial charge in [-0.25, -0.2) is 0 Å². The number of piperidine rings is 1. The van der Waals surface area contributed by atoms with Crippen molar-refractivity contribution in [1.29, 1.82) is 0 Å². The molecule has 1 rings (SSSR count). The highest BCUT2D eigenvalue weighted by Gasteiger charge is 2.33. The van der Waals surface area contributed by atoms with E-state index in [1.807, 2.05) is 20.8 Å². The fraction of sp³-hybridized carbons (Fsp3) is 1.00. The maximum atomic E-state index is 12.7. The summed E-state index contributed by atoms with van der Waals surface area (Å²) in [5, 5.41) is 3.44. The third-order valence-electron chi connectivity index (χ3n) is 4.45. The third-order valence-corrected chi connectivity index (χ3v) is 6.68. The van der Waals surface area contributed by atoms with Crippen LogP contribution >= 0.6 is 0 Å². The summed E-state index contributed by atoms with van der Waals surface area (Å²) < 4.78 is 28.8. The van der Waals surface area contributed by atoms with Gasteiger partial charge in [0.2, 0.25) is 0 Å². The van der Waals surface area contributed by atoms with Crippen LogP contribution < -0.4 is 5.32 Å². The zero-order valence-corrected chi connectivity index (χ0v) is 15.0. The maximum absolute atomic E-state index is 12.7. The Labute approximate surface area is 131 Å². The molecule has 0 saturated carbocycles. The molecule has 0 aliphatic carbocycles. The van der Waals surface area contributed by atoms with Gasteiger partial charge in [0.15, 0.2) is 0 Å². The quantitative estimate of drug-likeness (QED) is 0.662. The van der Waals surface area contributed by atoms with Crippen LogP contribution in [0.25, 0.3) is 0 Å². The van der Waals surface area contributed by atoms with Gasteiger partial charge in [-0.3, -0.25) is 0 Å². The second kappa shape index (κ2) is 9.08. The van der Waals surface area contributed by atoms with E-state index in [2.05, 4.69) is 12.2 Å². The van der Waals surface area contributed by atoms with Crippen molar-refractivity contribution in [3.63, 3.8) is 0 Å². The van der Waals surface area contributed by atoms with Gasteiger partial charge in [-0.15, -0.1) is 0 Å². The minimum atomic E-state index is -3.29. The van der Waals surface area contributed by atoms with E-state index in [1.54, 1.807) is 8.61 Å². The highest BCUT2D eigenvalue weighted by atomic mass is 32.2. The van der Waals surface area contributed by atoms with Crippen LogP contribution in [0.1, 0.15) is 53.4 Å². The Morgan fingerprint density at radius 3 is 2.33 bits per heavy atom. The molecule has 1 unspecified atom stereocenters. The van der Waals surface area contributed by atoms with E-state index in [9.17, 15) is 8.42 Å². The largest absolute Gasteiger partial charge is 0.316 e. The lowest BCUT2D eigenvalue weighted by Gasteiger charge is -2.36. The average molecular weight is 320 g/mol. The Kier molecular flexibility index (Phi) is 8.16. The normalized spacial score (nSPS) is 20.0. The number of hydrogen-bond acceptors (Lipinski definition) is 3. The van der Waals surface area contributed by atoms with Crippen LogP contribution in [-0.4, -0.2) is 55.8 Å². The summed E-state index contributed by atoms with van der Waals surface area (Å²) in [5.74, 6) is 0.613. The standard InChI is InChI=1S/C15H33N3O2S/c1-5-10-16-13-15-8-11-17(12-9-15)21(19,20)18(7-3)14(4)6-2/h14-16H,5-13H2,1-4H3. The summed E-state index contributed by atoms with van der Waals surface area (Å²) in [5.41, 5.74) is 0. The molecule has 1 saturated heterocycles. The van der Waals surface area contributed by atoms with Gasteiger partial charge in [0, 0.05) is 25.7 Å². The molecule has 1 aliphatic rings. The van der Waals surface area contributed by atoms with Crippen molar-refractivity contribution in [1.82, 2.24) is 13.9 Å². The highest BCUT2D eigenvalue weighted by Crippen LogP contribution is 2.22. The first kappa shape index (κ1) is 18.9. The molecule has 0 bridgehead atoms. The molecule has 0 spiro atoms. The van der Waals surface area contributed by atoms with Gasteiger partial charge >= 0.3 is 0 Å². The highest BCUT2D eigenvalue weighted by molar-refractivity contribution is 7.86. The van der Waals surface area contributed by atoms with E-state index in [0.717, 1.165) is 38.8 Å². The lowest BCUT2D eigenvalue weighted by molar-refractivity contribution is 0.238. The van der Waals surface area contributed by atoms with Gasteiger partial charge < -0.3 is 5.32 Å². The Bertz CT molecular complexity index is 378. The van der Waals surface area contributed by atoms with Crippen LogP contribution in [0.3, 0.4) is 0 Å². The zero-order chi connectivity index (χ0) is 15.9. The monoisotopic (exact) mass is 319 g/mol. The first-order valence-corrected chi connectivity index (χ1v) is 9.84. The second-order valence-electron chi connectivity index (χ2n) is 6.01. The summed E-state index contributed by atoms with van der Waals surface area (Å²) in [7, 11) is -3.29. The predicted octanol–water partition coefficient (Wildman–Crippen LogP) is 2.06. The first-order chi connectivity index (χ1) is 9.97. The van der Waals surface area contributed by atoms with E-state index < -0.39 is 10.2 Å². The van der Waals surface area contributed by atoms with Crippen LogP contribution in [0, 0.1) is 5.92 Å². The van der Waals surface area contributed by atoms with Crippen molar-refractivity contribution >= 4 is 10.2 Å². The summed E-state index contributed by atoms with van der Waals surface area (Å²) >= 11 is 0. The molecule has 126 valence electrons. The first-order valence-electron chi connectivity index (χ1n) is 8.44. The Hall–Kier alpha value is -0.170. The molecule has 1 N–H and O–H groups in total. The molecule has 1 atom stereocenters. The van der Waals surface area contributed by atoms with E-state index in [1.165, 1.54) is 0 Å². The van der Waals surface area contributed by atoms with E-state index in [0.29, 0.717) is 25.6 Å². The minimum Gasteiger partial charge on any atom is -0.316 e. The molecule has 1 heterocycles. The minimum absolute atomic E-state index is 0.0731. The number of nitrogens with zero attached hydrogens (tertiary/aromatic N) is 2. The summed E-state index contributed by atoms with van der Waals surface area (Å²) in [6.07, 6.45) is 3.93. The van der Waals surface area contributed by atoms with Gasteiger partial charge in [-0.2, -0.15) is 17.0 Å². The topological polar surface area (TPSA) is 52.7 Å². The molecule has 1 fully saturated rings. The number of nitrogens with one attached hydrogen (secondary N) is 1. The molecule has 5 nitrogen and oxygen atoms in total. The number of hydrogen-bond donors (Lipinski definition) is 1. The molecule has 6 heteroatoms. The van der Waals surface area contributed by atoms with Gasteiger partial charge in [0.05, 0.1) is 0 Å². The van der Waals surface area contributed by atoms with Crippen molar-refractivity contribution in [2.75, 3.05) is 32.7 Å². The Morgan fingerprint density at radius 1 is 1.24 bits per heavy atom. The van der Waals surface area contributed by atoms with Crippen molar-refractivity contribution in [3.8, 4) is 0 Å². The van der Waals surface area contributed by atoms with Gasteiger partial charge in [-0.05, 0) is 51.6 Å². The van der Waals surface area contributed by atoms with Gasteiger partial charge in [-0.1, -0.05) is 20.8 Å². The molecular weight excluding hydrogens is 286 g/mol. The number of rotatable bonds is 9. The Balaban J connectivity index is 2.55. The summed E-state index contributed by atoms with van der Waals surface area (Å²) in [6, 6.07) is 0.0731. The maximum Gasteiger partial charge on any atom is 0.282 e. The predicted molar refractivity (Wildman–Crippen MR) is 88.5 cm³/mol. The third kappa shape index (κ3) is 5.20. The second-order valence-corrected chi connectivity index (χ2v) is 7.90. The lowest BCUT2D eigenvalue weighted by atomic mass is 9.98. The smallest absolute Gasteiger partial charge is 0.282 e. The average Bonchev–Trinajstić information content (AvgIpc) is 2.48. The Morgan fingerprint density at radius 2 is 1.86 bits per heavy atom. The van der Waals surface area contributed by atoms with Crippen LogP contribution in [-0.2, 0) is 10.2 Å². The molecule has 0 aromatic heterocycles. The van der Waals surface area contributed by atoms with Crippen molar-refractivity contribution in [2.45, 2.75) is 59.4 Å².